The molecular weight excluding hydrogens is 338 g/mol. The third-order valence-corrected chi connectivity index (χ3v) is 5.30. The van der Waals surface area contributed by atoms with Crippen LogP contribution in [-0.4, -0.2) is 51.4 Å². The van der Waals surface area contributed by atoms with E-state index in [1.807, 2.05) is 48.2 Å². The number of carbonyl (C=O) groups is 2. The lowest BCUT2D eigenvalue weighted by Gasteiger charge is -2.42. The number of nitrogens with one attached hydrogen (secondary N) is 1. The zero-order chi connectivity index (χ0) is 17.8. The van der Waals surface area contributed by atoms with Crippen LogP contribution in [0.1, 0.15) is 29.4 Å². The molecule has 0 unspecified atom stereocenters. The van der Waals surface area contributed by atoms with E-state index in [4.69, 9.17) is 5.11 Å². The number of likely N-dealkylation sites (N-methyl/N-ethyl adjacent to an activating group) is 1. The third kappa shape index (κ3) is 4.24. The smallest absolute Gasteiger partial charge is 0.317 e. The largest absolute Gasteiger partial charge is 0.480 e. The van der Waals surface area contributed by atoms with Gasteiger partial charge in [0.15, 0.2) is 0 Å². The number of carboxylic acid groups (broad SMARTS) is 1. The first-order chi connectivity index (χ1) is 12.1. The molecule has 1 fully saturated rings. The lowest BCUT2D eigenvalue weighted by atomic mass is 9.85. The van der Waals surface area contributed by atoms with Gasteiger partial charge in [-0.15, -0.1) is 0 Å². The molecule has 1 aliphatic rings. The molecule has 7 heteroatoms. The van der Waals surface area contributed by atoms with Gasteiger partial charge < -0.3 is 10.4 Å². The van der Waals surface area contributed by atoms with Crippen molar-refractivity contribution >= 4 is 23.4 Å². The van der Waals surface area contributed by atoms with E-state index < -0.39 is 5.97 Å². The van der Waals surface area contributed by atoms with Crippen molar-refractivity contribution in [2.24, 2.45) is 0 Å². The molecule has 1 aliphatic carbocycles. The zero-order valence-corrected chi connectivity index (χ0v) is 14.8. The monoisotopic (exact) mass is 359 g/mol. The summed E-state index contributed by atoms with van der Waals surface area (Å²) >= 11 is 1.20. The SMILES string of the molecule is CCN(CC(=O)O)C1CC(NC(=O)c2cc(-c3ccccc3)ns2)C1. The Hall–Kier alpha value is -2.25. The number of nitrogens with zero attached hydrogens (tertiary/aromatic N) is 2. The highest BCUT2D eigenvalue weighted by molar-refractivity contribution is 7.08. The summed E-state index contributed by atoms with van der Waals surface area (Å²) in [6.07, 6.45) is 1.58. The van der Waals surface area contributed by atoms with Crippen LogP contribution in [0.5, 0.6) is 0 Å². The lowest BCUT2D eigenvalue weighted by molar-refractivity contribution is -0.139. The molecule has 25 heavy (non-hydrogen) atoms. The number of carboxylic acids is 1. The van der Waals surface area contributed by atoms with Crippen LogP contribution in [0.3, 0.4) is 0 Å². The van der Waals surface area contributed by atoms with Gasteiger partial charge in [0.05, 0.1) is 12.2 Å². The Kier molecular flexibility index (Phi) is 5.45. The summed E-state index contributed by atoms with van der Waals surface area (Å²) in [5, 5.41) is 11.9. The number of aromatic nitrogens is 1. The summed E-state index contributed by atoms with van der Waals surface area (Å²) in [6.45, 7) is 2.71. The van der Waals surface area contributed by atoms with E-state index in [1.165, 1.54) is 11.5 Å². The molecule has 1 aromatic heterocycles. The van der Waals surface area contributed by atoms with E-state index in [0.29, 0.717) is 11.4 Å². The summed E-state index contributed by atoms with van der Waals surface area (Å²) in [7, 11) is 0. The Morgan fingerprint density at radius 2 is 2.04 bits per heavy atom. The van der Waals surface area contributed by atoms with E-state index in [0.717, 1.165) is 24.1 Å². The van der Waals surface area contributed by atoms with Gasteiger partial charge in [0.2, 0.25) is 0 Å². The van der Waals surface area contributed by atoms with Gasteiger partial charge in [0, 0.05) is 17.6 Å². The first-order valence-corrected chi connectivity index (χ1v) is 9.13. The van der Waals surface area contributed by atoms with Crippen molar-refractivity contribution in [2.45, 2.75) is 31.8 Å². The molecule has 0 bridgehead atoms. The van der Waals surface area contributed by atoms with Gasteiger partial charge in [-0.3, -0.25) is 14.5 Å². The number of hydrogen-bond acceptors (Lipinski definition) is 5. The van der Waals surface area contributed by atoms with Crippen molar-refractivity contribution in [2.75, 3.05) is 13.1 Å². The molecule has 1 saturated carbocycles. The maximum absolute atomic E-state index is 12.4. The van der Waals surface area contributed by atoms with E-state index in [2.05, 4.69) is 9.69 Å². The van der Waals surface area contributed by atoms with Crippen LogP contribution in [0.15, 0.2) is 36.4 Å². The fourth-order valence-electron chi connectivity index (χ4n) is 3.06. The van der Waals surface area contributed by atoms with E-state index in [1.54, 1.807) is 0 Å². The van der Waals surface area contributed by atoms with Gasteiger partial charge in [-0.25, -0.2) is 0 Å². The molecule has 0 aliphatic heterocycles. The van der Waals surface area contributed by atoms with Crippen molar-refractivity contribution in [3.63, 3.8) is 0 Å². The average molecular weight is 359 g/mol. The molecule has 2 N–H and O–H groups in total. The molecule has 0 radical (unpaired) electrons. The molecule has 132 valence electrons. The van der Waals surface area contributed by atoms with Crippen LogP contribution in [0.4, 0.5) is 0 Å². The standard InChI is InChI=1S/C18H21N3O3S/c1-2-21(11-17(22)23)14-8-13(9-14)19-18(24)16-10-15(20-25-16)12-6-4-3-5-7-12/h3-7,10,13-14H,2,8-9,11H2,1H3,(H,19,24)(H,22,23). The van der Waals surface area contributed by atoms with E-state index in [-0.39, 0.29) is 24.5 Å². The highest BCUT2D eigenvalue weighted by atomic mass is 32.1. The molecule has 6 nitrogen and oxygen atoms in total. The topological polar surface area (TPSA) is 82.5 Å². The normalized spacial score (nSPS) is 19.4. The zero-order valence-electron chi connectivity index (χ0n) is 14.0. The number of aliphatic carboxylic acids is 1. The number of rotatable bonds is 7. The number of amides is 1. The first kappa shape index (κ1) is 17.6. The van der Waals surface area contributed by atoms with Crippen LogP contribution < -0.4 is 5.32 Å². The molecule has 1 aromatic carbocycles. The molecule has 0 saturated heterocycles. The molecule has 1 amide bonds. The minimum absolute atomic E-state index is 0.0527. The molecular formula is C18H21N3O3S. The van der Waals surface area contributed by atoms with Gasteiger partial charge in [0.25, 0.3) is 5.91 Å². The predicted octanol–water partition coefficient (Wildman–Crippen LogP) is 2.48. The Labute approximate surface area is 150 Å². The molecule has 2 aromatic rings. The van der Waals surface area contributed by atoms with Crippen LogP contribution >= 0.6 is 11.5 Å². The van der Waals surface area contributed by atoms with Crippen molar-refractivity contribution < 1.29 is 14.7 Å². The lowest BCUT2D eigenvalue weighted by Crippen LogP contribution is -2.54. The molecule has 0 atom stereocenters. The van der Waals surface area contributed by atoms with Gasteiger partial charge in [-0.1, -0.05) is 37.3 Å². The molecule has 3 rings (SSSR count). The summed E-state index contributed by atoms with van der Waals surface area (Å²) in [6, 6.07) is 11.9. The van der Waals surface area contributed by atoms with Crippen LogP contribution in [0.25, 0.3) is 11.3 Å². The fourth-order valence-corrected chi connectivity index (χ4v) is 3.72. The highest BCUT2D eigenvalue weighted by Crippen LogP contribution is 2.27. The second kappa shape index (κ2) is 7.76. The first-order valence-electron chi connectivity index (χ1n) is 8.35. The van der Waals surface area contributed by atoms with Crippen molar-refractivity contribution in [1.82, 2.24) is 14.6 Å². The minimum atomic E-state index is -0.813. The van der Waals surface area contributed by atoms with Crippen LogP contribution in [-0.2, 0) is 4.79 Å². The number of carbonyl (C=O) groups excluding carboxylic acids is 1. The summed E-state index contributed by atoms with van der Waals surface area (Å²) in [5.41, 5.74) is 1.80. The molecule has 0 spiro atoms. The van der Waals surface area contributed by atoms with Gasteiger partial charge in [0.1, 0.15) is 4.88 Å². The number of benzene rings is 1. The summed E-state index contributed by atoms with van der Waals surface area (Å²) < 4.78 is 4.36. The second-order valence-corrected chi connectivity index (χ2v) is 7.00. The third-order valence-electron chi connectivity index (χ3n) is 4.51. The molecule has 1 heterocycles. The maximum Gasteiger partial charge on any atom is 0.317 e. The Bertz CT molecular complexity index is 741. The van der Waals surface area contributed by atoms with E-state index in [9.17, 15) is 9.59 Å². The van der Waals surface area contributed by atoms with Crippen molar-refractivity contribution in [3.05, 3.63) is 41.3 Å². The minimum Gasteiger partial charge on any atom is -0.480 e. The Morgan fingerprint density at radius 3 is 2.68 bits per heavy atom. The Morgan fingerprint density at radius 1 is 1.32 bits per heavy atom. The van der Waals surface area contributed by atoms with Crippen LogP contribution in [0.2, 0.25) is 0 Å². The predicted molar refractivity (Wildman–Crippen MR) is 96.7 cm³/mol. The quantitative estimate of drug-likeness (QED) is 0.794. The van der Waals surface area contributed by atoms with E-state index >= 15 is 0 Å². The second-order valence-electron chi connectivity index (χ2n) is 6.19. The van der Waals surface area contributed by atoms with Gasteiger partial charge in [-0.05, 0) is 37.0 Å². The van der Waals surface area contributed by atoms with Crippen LogP contribution in [0, 0.1) is 0 Å². The maximum atomic E-state index is 12.4. The van der Waals surface area contributed by atoms with Gasteiger partial charge >= 0.3 is 5.97 Å². The highest BCUT2D eigenvalue weighted by Gasteiger charge is 2.35. The Balaban J connectivity index is 1.53. The van der Waals surface area contributed by atoms with Crippen molar-refractivity contribution in [1.29, 1.82) is 0 Å². The average Bonchev–Trinajstić information content (AvgIpc) is 3.06. The summed E-state index contributed by atoms with van der Waals surface area (Å²) in [4.78, 5) is 25.8. The van der Waals surface area contributed by atoms with Gasteiger partial charge in [-0.2, -0.15) is 4.37 Å². The number of hydrogen-bond donors (Lipinski definition) is 2. The fraction of sp³-hybridized carbons (Fsp3) is 0.389. The summed E-state index contributed by atoms with van der Waals surface area (Å²) in [5.74, 6) is -0.920. The van der Waals surface area contributed by atoms with Crippen molar-refractivity contribution in [3.8, 4) is 11.3 Å².